The van der Waals surface area contributed by atoms with Crippen LogP contribution in [0.4, 0.5) is 10.1 Å². The van der Waals surface area contributed by atoms with Crippen LogP contribution in [-0.4, -0.2) is 14.3 Å². The number of rotatable bonds is 4. The van der Waals surface area contributed by atoms with E-state index < -0.39 is 21.7 Å². The van der Waals surface area contributed by atoms with Crippen LogP contribution in [0.25, 0.3) is 0 Å². The maximum atomic E-state index is 13.5. The van der Waals surface area contributed by atoms with E-state index in [0.717, 1.165) is 18.2 Å². The fourth-order valence-electron chi connectivity index (χ4n) is 1.17. The first kappa shape index (κ1) is 14.2. The molecule has 0 saturated carbocycles. The van der Waals surface area contributed by atoms with Crippen LogP contribution >= 0.6 is 0 Å². The van der Waals surface area contributed by atoms with E-state index in [1.807, 2.05) is 0 Å². The van der Waals surface area contributed by atoms with Crippen LogP contribution in [0, 0.1) is 18.2 Å². The molecule has 0 atom stereocenters. The third kappa shape index (κ3) is 3.84. The van der Waals surface area contributed by atoms with Crippen LogP contribution in [0.2, 0.25) is 0 Å². The van der Waals surface area contributed by atoms with Gasteiger partial charge in [0.1, 0.15) is 5.82 Å². The van der Waals surface area contributed by atoms with Gasteiger partial charge in [-0.1, -0.05) is 0 Å². The zero-order valence-corrected chi connectivity index (χ0v) is 10.1. The van der Waals surface area contributed by atoms with Crippen molar-refractivity contribution < 1.29 is 17.6 Å². The van der Waals surface area contributed by atoms with Crippen molar-refractivity contribution in [2.24, 2.45) is 5.14 Å². The van der Waals surface area contributed by atoms with Crippen LogP contribution in [0.3, 0.4) is 0 Å². The molecule has 5 nitrogen and oxygen atoms in total. The standard InChI is InChI=1S/C11H11FN2O3S/c1-2-3-4-11(15)14-10-6-5-8(7-9(10)12)18(13,16)17/h1,5-7H,3-4H2,(H,14,15)(H2,13,16,17). The minimum absolute atomic E-state index is 0.0624. The Morgan fingerprint density at radius 2 is 2.17 bits per heavy atom. The second kappa shape index (κ2) is 5.62. The zero-order valence-electron chi connectivity index (χ0n) is 9.31. The van der Waals surface area contributed by atoms with E-state index in [1.54, 1.807) is 0 Å². The molecule has 0 saturated heterocycles. The van der Waals surface area contributed by atoms with Crippen molar-refractivity contribution >= 4 is 21.6 Å². The average molecular weight is 270 g/mol. The second-order valence-corrected chi connectivity index (χ2v) is 5.00. The van der Waals surface area contributed by atoms with Gasteiger partial charge >= 0.3 is 0 Å². The van der Waals surface area contributed by atoms with Gasteiger partial charge in [-0.15, -0.1) is 12.3 Å². The monoisotopic (exact) mass is 270 g/mol. The summed E-state index contributed by atoms with van der Waals surface area (Å²) in [7, 11) is -3.96. The molecule has 0 aromatic heterocycles. The first-order valence-corrected chi connectivity index (χ1v) is 6.45. The highest BCUT2D eigenvalue weighted by Gasteiger charge is 2.12. The number of primary sulfonamides is 1. The number of halogens is 1. The summed E-state index contributed by atoms with van der Waals surface area (Å²) in [5.74, 6) is 0.950. The Balaban J connectivity index is 2.88. The molecular formula is C11H11FN2O3S. The number of amides is 1. The fraction of sp³-hybridized carbons (Fsp3) is 0.182. The zero-order chi connectivity index (χ0) is 13.8. The molecule has 0 bridgehead atoms. The van der Waals surface area contributed by atoms with Gasteiger partial charge in [-0.05, 0) is 18.2 Å². The molecule has 0 aliphatic rings. The molecule has 7 heteroatoms. The van der Waals surface area contributed by atoms with E-state index in [0.29, 0.717) is 0 Å². The molecule has 0 fully saturated rings. The largest absolute Gasteiger partial charge is 0.324 e. The Morgan fingerprint density at radius 3 is 2.67 bits per heavy atom. The molecular weight excluding hydrogens is 259 g/mol. The smallest absolute Gasteiger partial charge is 0.238 e. The summed E-state index contributed by atoms with van der Waals surface area (Å²) in [4.78, 5) is 10.9. The van der Waals surface area contributed by atoms with Crippen molar-refractivity contribution in [3.05, 3.63) is 24.0 Å². The summed E-state index contributed by atoms with van der Waals surface area (Å²) < 4.78 is 35.4. The summed E-state index contributed by atoms with van der Waals surface area (Å²) in [6, 6.07) is 2.98. The van der Waals surface area contributed by atoms with Crippen LogP contribution in [0.5, 0.6) is 0 Å². The van der Waals surface area contributed by atoms with Crippen molar-refractivity contribution in [3.63, 3.8) is 0 Å². The quantitative estimate of drug-likeness (QED) is 0.794. The lowest BCUT2D eigenvalue weighted by Gasteiger charge is -2.06. The summed E-state index contributed by atoms with van der Waals surface area (Å²) in [6.07, 6.45) is 5.28. The summed E-state index contributed by atoms with van der Waals surface area (Å²) >= 11 is 0. The number of benzene rings is 1. The molecule has 0 unspecified atom stereocenters. The second-order valence-electron chi connectivity index (χ2n) is 3.44. The highest BCUT2D eigenvalue weighted by Crippen LogP contribution is 2.18. The summed E-state index contributed by atoms with van der Waals surface area (Å²) in [5, 5.41) is 7.12. The predicted molar refractivity (Wildman–Crippen MR) is 64.5 cm³/mol. The van der Waals surface area contributed by atoms with E-state index in [9.17, 15) is 17.6 Å². The van der Waals surface area contributed by atoms with Gasteiger partial charge in [0, 0.05) is 12.8 Å². The van der Waals surface area contributed by atoms with Gasteiger partial charge in [0.05, 0.1) is 10.6 Å². The predicted octanol–water partition coefficient (Wildman–Crippen LogP) is 0.825. The van der Waals surface area contributed by atoms with Gasteiger partial charge in [-0.2, -0.15) is 0 Å². The van der Waals surface area contributed by atoms with Crippen molar-refractivity contribution in [2.75, 3.05) is 5.32 Å². The number of sulfonamides is 1. The minimum Gasteiger partial charge on any atom is -0.324 e. The third-order valence-corrected chi connectivity index (χ3v) is 2.95. The van der Waals surface area contributed by atoms with Crippen molar-refractivity contribution in [2.45, 2.75) is 17.7 Å². The molecule has 0 radical (unpaired) electrons. The first-order valence-electron chi connectivity index (χ1n) is 4.90. The van der Waals surface area contributed by atoms with Crippen LogP contribution < -0.4 is 10.5 Å². The molecule has 1 amide bonds. The molecule has 0 heterocycles. The molecule has 18 heavy (non-hydrogen) atoms. The van der Waals surface area contributed by atoms with Crippen LogP contribution in [0.1, 0.15) is 12.8 Å². The number of nitrogens with two attached hydrogens (primary N) is 1. The van der Waals surface area contributed by atoms with Gasteiger partial charge in [-0.3, -0.25) is 4.79 Å². The van der Waals surface area contributed by atoms with Gasteiger partial charge in [0.2, 0.25) is 15.9 Å². The molecule has 3 N–H and O–H groups in total. The Kier molecular flexibility index (Phi) is 4.42. The van der Waals surface area contributed by atoms with Gasteiger partial charge in [0.25, 0.3) is 0 Å². The fourth-order valence-corrected chi connectivity index (χ4v) is 1.70. The summed E-state index contributed by atoms with van der Waals surface area (Å²) in [6.45, 7) is 0. The van der Waals surface area contributed by atoms with E-state index in [1.165, 1.54) is 0 Å². The van der Waals surface area contributed by atoms with E-state index in [4.69, 9.17) is 11.6 Å². The van der Waals surface area contributed by atoms with Crippen LogP contribution in [-0.2, 0) is 14.8 Å². The molecule has 1 aromatic rings. The average Bonchev–Trinajstić information content (AvgIpc) is 2.27. The maximum absolute atomic E-state index is 13.5. The number of terminal acetylenes is 1. The number of carbonyl (C=O) groups excluding carboxylic acids is 1. The van der Waals surface area contributed by atoms with Gasteiger partial charge in [0.15, 0.2) is 0 Å². The number of hydrogen-bond acceptors (Lipinski definition) is 3. The number of nitrogens with one attached hydrogen (secondary N) is 1. The maximum Gasteiger partial charge on any atom is 0.238 e. The van der Waals surface area contributed by atoms with Crippen molar-refractivity contribution in [1.29, 1.82) is 0 Å². The molecule has 0 spiro atoms. The van der Waals surface area contributed by atoms with Gasteiger partial charge < -0.3 is 5.32 Å². The Morgan fingerprint density at radius 1 is 1.50 bits per heavy atom. The minimum atomic E-state index is -3.96. The molecule has 0 aliphatic heterocycles. The van der Waals surface area contributed by atoms with E-state index in [2.05, 4.69) is 11.2 Å². The number of anilines is 1. The SMILES string of the molecule is C#CCCC(=O)Nc1ccc(S(N)(=O)=O)cc1F. The topological polar surface area (TPSA) is 89.3 Å². The molecule has 0 aliphatic carbocycles. The normalized spacial score (nSPS) is 10.7. The summed E-state index contributed by atoms with van der Waals surface area (Å²) in [5.41, 5.74) is -0.121. The van der Waals surface area contributed by atoms with Gasteiger partial charge in [-0.25, -0.2) is 17.9 Å². The highest BCUT2D eigenvalue weighted by atomic mass is 32.2. The van der Waals surface area contributed by atoms with Crippen LogP contribution in [0.15, 0.2) is 23.1 Å². The molecule has 1 rings (SSSR count). The van der Waals surface area contributed by atoms with E-state index >= 15 is 0 Å². The Bertz CT molecular complexity index is 605. The lowest BCUT2D eigenvalue weighted by atomic mass is 10.2. The lowest BCUT2D eigenvalue weighted by molar-refractivity contribution is -0.116. The van der Waals surface area contributed by atoms with E-state index in [-0.39, 0.29) is 23.4 Å². The molecule has 96 valence electrons. The third-order valence-electron chi connectivity index (χ3n) is 2.04. The Labute approximate surface area is 104 Å². The Hall–Kier alpha value is -1.91. The molecule has 1 aromatic carbocycles. The van der Waals surface area contributed by atoms with Crippen molar-refractivity contribution in [3.8, 4) is 12.3 Å². The van der Waals surface area contributed by atoms with Crippen molar-refractivity contribution in [1.82, 2.24) is 0 Å². The first-order chi connectivity index (χ1) is 8.34. The number of carbonyl (C=O) groups is 1. The highest BCUT2D eigenvalue weighted by molar-refractivity contribution is 7.89. The lowest BCUT2D eigenvalue weighted by Crippen LogP contribution is -2.14. The number of hydrogen-bond donors (Lipinski definition) is 2.